The second kappa shape index (κ2) is 5.00. The Morgan fingerprint density at radius 3 is 2.61 bits per heavy atom. The van der Waals surface area contributed by atoms with Crippen LogP contribution in [0.25, 0.3) is 0 Å². The van der Waals surface area contributed by atoms with Gasteiger partial charge in [0.25, 0.3) is 0 Å². The molecule has 1 aromatic rings. The Morgan fingerprint density at radius 2 is 2.00 bits per heavy atom. The van der Waals surface area contributed by atoms with Crippen LogP contribution in [-0.4, -0.2) is 35.2 Å². The first-order chi connectivity index (χ1) is 8.47. The number of aliphatic hydroxyl groups is 1. The molecule has 1 unspecified atom stereocenters. The van der Waals surface area contributed by atoms with E-state index in [0.29, 0.717) is 13.1 Å². The van der Waals surface area contributed by atoms with Gasteiger partial charge in [-0.3, -0.25) is 4.90 Å². The van der Waals surface area contributed by atoms with Gasteiger partial charge in [-0.05, 0) is 12.0 Å². The monoisotopic (exact) mass is 248 g/mol. The first kappa shape index (κ1) is 13.5. The van der Waals surface area contributed by atoms with E-state index in [9.17, 15) is 5.11 Å². The van der Waals surface area contributed by atoms with E-state index in [1.165, 1.54) is 5.56 Å². The molecule has 1 atom stereocenters. The lowest BCUT2D eigenvalue weighted by molar-refractivity contribution is -0.0528. The molecule has 1 heterocycles. The average molecular weight is 248 g/mol. The molecule has 0 saturated carbocycles. The minimum atomic E-state index is -0.656. The summed E-state index contributed by atoms with van der Waals surface area (Å²) in [5.41, 5.74) is 6.21. The molecule has 1 aliphatic rings. The van der Waals surface area contributed by atoms with E-state index in [1.807, 2.05) is 6.07 Å². The molecule has 0 aliphatic carbocycles. The highest BCUT2D eigenvalue weighted by molar-refractivity contribution is 5.15. The first-order valence-corrected chi connectivity index (χ1v) is 6.66. The predicted molar refractivity (Wildman–Crippen MR) is 74.1 cm³/mol. The molecule has 0 amide bonds. The fraction of sp³-hybridized carbons (Fsp3) is 0.600. The van der Waals surface area contributed by atoms with Crippen molar-refractivity contribution in [2.45, 2.75) is 32.4 Å². The van der Waals surface area contributed by atoms with Crippen LogP contribution in [0, 0.1) is 5.41 Å². The Kier molecular flexibility index (Phi) is 3.76. The van der Waals surface area contributed by atoms with Crippen LogP contribution in [0.4, 0.5) is 0 Å². The zero-order valence-corrected chi connectivity index (χ0v) is 11.4. The van der Waals surface area contributed by atoms with Gasteiger partial charge in [0.2, 0.25) is 0 Å². The van der Waals surface area contributed by atoms with Crippen molar-refractivity contribution < 1.29 is 5.11 Å². The molecule has 1 fully saturated rings. The van der Waals surface area contributed by atoms with E-state index in [1.54, 1.807) is 0 Å². The van der Waals surface area contributed by atoms with Gasteiger partial charge >= 0.3 is 0 Å². The van der Waals surface area contributed by atoms with Crippen LogP contribution in [0.1, 0.15) is 25.8 Å². The fourth-order valence-electron chi connectivity index (χ4n) is 2.59. The van der Waals surface area contributed by atoms with Gasteiger partial charge in [0.15, 0.2) is 0 Å². The van der Waals surface area contributed by atoms with Crippen molar-refractivity contribution in [2.75, 3.05) is 19.6 Å². The van der Waals surface area contributed by atoms with Crippen LogP contribution in [0.5, 0.6) is 0 Å². The molecule has 3 N–H and O–H groups in total. The summed E-state index contributed by atoms with van der Waals surface area (Å²) in [6.07, 6.45) is 0.810. The summed E-state index contributed by atoms with van der Waals surface area (Å²) in [6.45, 7) is 7.19. The van der Waals surface area contributed by atoms with Crippen molar-refractivity contribution in [1.29, 1.82) is 0 Å². The molecule has 3 heteroatoms. The van der Waals surface area contributed by atoms with E-state index < -0.39 is 5.60 Å². The molecule has 0 aromatic heterocycles. The van der Waals surface area contributed by atoms with E-state index in [2.05, 4.69) is 43.0 Å². The van der Waals surface area contributed by atoms with Crippen LogP contribution < -0.4 is 5.73 Å². The molecule has 1 aromatic carbocycles. The topological polar surface area (TPSA) is 49.5 Å². The summed E-state index contributed by atoms with van der Waals surface area (Å²) in [7, 11) is 0. The molecule has 1 saturated heterocycles. The third-order valence-electron chi connectivity index (χ3n) is 4.35. The van der Waals surface area contributed by atoms with E-state index in [4.69, 9.17) is 5.73 Å². The number of nitrogens with zero attached hydrogens (tertiary/aromatic N) is 1. The number of rotatable bonds is 4. The third kappa shape index (κ3) is 2.58. The standard InChI is InChI=1S/C15H24N2O/c1-14(2,11-16)15(18)8-9-17(12-15)10-13-6-4-3-5-7-13/h3-7,18H,8-12,16H2,1-2H3. The summed E-state index contributed by atoms with van der Waals surface area (Å²) < 4.78 is 0. The van der Waals surface area contributed by atoms with Gasteiger partial charge in [-0.15, -0.1) is 0 Å². The zero-order chi connectivity index (χ0) is 13.2. The number of hydrogen-bond acceptors (Lipinski definition) is 3. The van der Waals surface area contributed by atoms with Crippen molar-refractivity contribution in [3.8, 4) is 0 Å². The first-order valence-electron chi connectivity index (χ1n) is 6.66. The number of hydrogen-bond donors (Lipinski definition) is 2. The lowest BCUT2D eigenvalue weighted by atomic mass is 9.74. The summed E-state index contributed by atoms with van der Waals surface area (Å²) in [4.78, 5) is 2.31. The maximum atomic E-state index is 10.7. The number of nitrogens with two attached hydrogens (primary N) is 1. The largest absolute Gasteiger partial charge is 0.388 e. The highest BCUT2D eigenvalue weighted by Gasteiger charge is 2.47. The SMILES string of the molecule is CC(C)(CN)C1(O)CCN(Cc2ccccc2)C1. The molecule has 0 spiro atoms. The van der Waals surface area contributed by atoms with Crippen LogP contribution in [0.3, 0.4) is 0 Å². The molecule has 0 bridgehead atoms. The normalized spacial score (nSPS) is 25.6. The van der Waals surface area contributed by atoms with Crippen molar-refractivity contribution in [2.24, 2.45) is 11.1 Å². The zero-order valence-electron chi connectivity index (χ0n) is 11.4. The van der Waals surface area contributed by atoms with Crippen molar-refractivity contribution in [1.82, 2.24) is 4.90 Å². The Balaban J connectivity index is 2.01. The second-order valence-corrected chi connectivity index (χ2v) is 6.07. The minimum Gasteiger partial charge on any atom is -0.388 e. The Morgan fingerprint density at radius 1 is 1.33 bits per heavy atom. The molecular formula is C15H24N2O. The van der Waals surface area contributed by atoms with E-state index in [-0.39, 0.29) is 5.41 Å². The van der Waals surface area contributed by atoms with Gasteiger partial charge in [0.1, 0.15) is 0 Å². The molecule has 1 aliphatic heterocycles. The summed E-state index contributed by atoms with van der Waals surface area (Å²) in [5.74, 6) is 0. The minimum absolute atomic E-state index is 0.224. The maximum absolute atomic E-state index is 10.7. The predicted octanol–water partition coefficient (Wildman–Crippen LogP) is 1.61. The van der Waals surface area contributed by atoms with Crippen LogP contribution in [-0.2, 0) is 6.54 Å². The summed E-state index contributed by atoms with van der Waals surface area (Å²) in [6, 6.07) is 10.4. The second-order valence-electron chi connectivity index (χ2n) is 6.07. The molecule has 3 nitrogen and oxygen atoms in total. The van der Waals surface area contributed by atoms with Gasteiger partial charge in [0, 0.05) is 31.6 Å². The van der Waals surface area contributed by atoms with Crippen molar-refractivity contribution >= 4 is 0 Å². The smallest absolute Gasteiger partial charge is 0.0848 e. The third-order valence-corrected chi connectivity index (χ3v) is 4.35. The lowest BCUT2D eigenvalue weighted by Crippen LogP contribution is -2.50. The average Bonchev–Trinajstić information content (AvgIpc) is 2.74. The van der Waals surface area contributed by atoms with E-state index in [0.717, 1.165) is 19.5 Å². The Hall–Kier alpha value is -0.900. The van der Waals surface area contributed by atoms with Crippen LogP contribution in [0.2, 0.25) is 0 Å². The summed E-state index contributed by atoms with van der Waals surface area (Å²) in [5, 5.41) is 10.7. The van der Waals surface area contributed by atoms with Crippen molar-refractivity contribution in [3.05, 3.63) is 35.9 Å². The molecule has 2 rings (SSSR count). The van der Waals surface area contributed by atoms with Gasteiger partial charge < -0.3 is 10.8 Å². The van der Waals surface area contributed by atoms with Gasteiger partial charge in [-0.2, -0.15) is 0 Å². The number of benzene rings is 1. The Labute approximate surface area is 110 Å². The number of β-amino-alcohol motifs (C(OH)–C–C–N with tert-alkyl or cyclic N) is 1. The maximum Gasteiger partial charge on any atom is 0.0848 e. The molecule has 18 heavy (non-hydrogen) atoms. The fourth-order valence-corrected chi connectivity index (χ4v) is 2.59. The number of likely N-dealkylation sites (tertiary alicyclic amines) is 1. The quantitative estimate of drug-likeness (QED) is 0.851. The van der Waals surface area contributed by atoms with Crippen LogP contribution >= 0.6 is 0 Å². The van der Waals surface area contributed by atoms with Crippen molar-refractivity contribution in [3.63, 3.8) is 0 Å². The molecule has 0 radical (unpaired) electrons. The van der Waals surface area contributed by atoms with Gasteiger partial charge in [0.05, 0.1) is 5.60 Å². The van der Waals surface area contributed by atoms with Gasteiger partial charge in [-0.25, -0.2) is 0 Å². The van der Waals surface area contributed by atoms with E-state index >= 15 is 0 Å². The summed E-state index contributed by atoms with van der Waals surface area (Å²) >= 11 is 0. The molecule has 100 valence electrons. The highest BCUT2D eigenvalue weighted by atomic mass is 16.3. The Bertz CT molecular complexity index is 391. The molecular weight excluding hydrogens is 224 g/mol. The van der Waals surface area contributed by atoms with Gasteiger partial charge in [-0.1, -0.05) is 44.2 Å². The lowest BCUT2D eigenvalue weighted by Gasteiger charge is -2.39. The highest BCUT2D eigenvalue weighted by Crippen LogP contribution is 2.37. The van der Waals surface area contributed by atoms with Crippen LogP contribution in [0.15, 0.2) is 30.3 Å².